The summed E-state index contributed by atoms with van der Waals surface area (Å²) in [5, 5.41) is 2.95. The zero-order valence-corrected chi connectivity index (χ0v) is 13.6. The second-order valence-corrected chi connectivity index (χ2v) is 5.92. The van der Waals surface area contributed by atoms with Gasteiger partial charge in [0, 0.05) is 6.04 Å². The van der Waals surface area contributed by atoms with Crippen LogP contribution in [0.2, 0.25) is 0 Å². The number of nitrogens with zero attached hydrogens (tertiary/aromatic N) is 1. The number of nitrogens with one attached hydrogen (secondary N) is 1. The zero-order valence-electron chi connectivity index (χ0n) is 13.6. The summed E-state index contributed by atoms with van der Waals surface area (Å²) in [5.74, 6) is 0. The standard InChI is InChI=1S/C15H32N2O2/c1-7-13(11-10-12-17(8-2)9-3)16-14(18)19-15(4,5)6/h13H,7-12H2,1-6H3,(H,16,18). The molecular weight excluding hydrogens is 240 g/mol. The normalized spacial score (nSPS) is 13.4. The van der Waals surface area contributed by atoms with Crippen LogP contribution in [0.15, 0.2) is 0 Å². The van der Waals surface area contributed by atoms with Crippen LogP contribution >= 0.6 is 0 Å². The molecule has 0 aromatic rings. The van der Waals surface area contributed by atoms with Gasteiger partial charge in [-0.3, -0.25) is 0 Å². The van der Waals surface area contributed by atoms with Gasteiger partial charge in [-0.2, -0.15) is 0 Å². The highest BCUT2D eigenvalue weighted by Gasteiger charge is 2.18. The minimum absolute atomic E-state index is 0.213. The maximum Gasteiger partial charge on any atom is 0.407 e. The Morgan fingerprint density at radius 1 is 1.21 bits per heavy atom. The van der Waals surface area contributed by atoms with Crippen LogP contribution < -0.4 is 5.32 Å². The number of hydrogen-bond acceptors (Lipinski definition) is 3. The smallest absolute Gasteiger partial charge is 0.407 e. The molecule has 0 spiro atoms. The number of rotatable bonds is 8. The van der Waals surface area contributed by atoms with E-state index >= 15 is 0 Å². The molecular formula is C15H32N2O2. The van der Waals surface area contributed by atoms with Gasteiger partial charge in [0.05, 0.1) is 0 Å². The van der Waals surface area contributed by atoms with Gasteiger partial charge < -0.3 is 15.0 Å². The van der Waals surface area contributed by atoms with Gasteiger partial charge in [-0.25, -0.2) is 4.79 Å². The maximum atomic E-state index is 11.7. The highest BCUT2D eigenvalue weighted by Crippen LogP contribution is 2.09. The van der Waals surface area contributed by atoms with Crippen LogP contribution in [0, 0.1) is 0 Å². The van der Waals surface area contributed by atoms with Crippen molar-refractivity contribution in [2.75, 3.05) is 19.6 Å². The van der Waals surface area contributed by atoms with E-state index in [1.807, 2.05) is 20.8 Å². The molecule has 0 aliphatic carbocycles. The van der Waals surface area contributed by atoms with E-state index < -0.39 is 5.60 Å². The predicted octanol–water partition coefficient (Wildman–Crippen LogP) is 3.41. The zero-order chi connectivity index (χ0) is 14.9. The Hall–Kier alpha value is -0.770. The first-order valence-electron chi connectivity index (χ1n) is 7.54. The summed E-state index contributed by atoms with van der Waals surface area (Å²) in [5.41, 5.74) is -0.427. The Labute approximate surface area is 118 Å². The number of carbonyl (C=O) groups excluding carboxylic acids is 1. The van der Waals surface area contributed by atoms with Crippen molar-refractivity contribution in [3.05, 3.63) is 0 Å². The Kier molecular flexibility index (Phi) is 8.81. The molecule has 0 aliphatic rings. The van der Waals surface area contributed by atoms with Crippen molar-refractivity contribution >= 4 is 6.09 Å². The van der Waals surface area contributed by atoms with Gasteiger partial charge in [0.15, 0.2) is 0 Å². The van der Waals surface area contributed by atoms with Crippen molar-refractivity contribution in [2.24, 2.45) is 0 Å². The third-order valence-electron chi connectivity index (χ3n) is 3.14. The first-order chi connectivity index (χ1) is 8.82. The fourth-order valence-electron chi connectivity index (χ4n) is 1.95. The lowest BCUT2D eigenvalue weighted by Crippen LogP contribution is -2.39. The summed E-state index contributed by atoms with van der Waals surface area (Å²) in [4.78, 5) is 14.1. The molecule has 1 unspecified atom stereocenters. The molecule has 0 bridgehead atoms. The molecule has 0 fully saturated rings. The fourth-order valence-corrected chi connectivity index (χ4v) is 1.95. The summed E-state index contributed by atoms with van der Waals surface area (Å²) < 4.78 is 5.28. The van der Waals surface area contributed by atoms with Gasteiger partial charge in [-0.1, -0.05) is 20.8 Å². The number of carbonyl (C=O) groups is 1. The van der Waals surface area contributed by atoms with Crippen LogP contribution in [0.1, 0.15) is 60.8 Å². The molecule has 0 rings (SSSR count). The quantitative estimate of drug-likeness (QED) is 0.736. The third-order valence-corrected chi connectivity index (χ3v) is 3.14. The molecule has 4 nitrogen and oxygen atoms in total. The molecule has 19 heavy (non-hydrogen) atoms. The number of amides is 1. The fraction of sp³-hybridized carbons (Fsp3) is 0.933. The van der Waals surface area contributed by atoms with E-state index in [1.165, 1.54) is 0 Å². The Morgan fingerprint density at radius 3 is 2.21 bits per heavy atom. The molecule has 0 heterocycles. The van der Waals surface area contributed by atoms with E-state index in [-0.39, 0.29) is 12.1 Å². The van der Waals surface area contributed by atoms with Crippen molar-refractivity contribution < 1.29 is 9.53 Å². The number of hydrogen-bond donors (Lipinski definition) is 1. The number of alkyl carbamates (subject to hydrolysis) is 1. The molecule has 114 valence electrons. The van der Waals surface area contributed by atoms with Crippen molar-refractivity contribution in [2.45, 2.75) is 72.4 Å². The van der Waals surface area contributed by atoms with Crippen molar-refractivity contribution in [1.82, 2.24) is 10.2 Å². The highest BCUT2D eigenvalue weighted by atomic mass is 16.6. The van der Waals surface area contributed by atoms with E-state index in [4.69, 9.17) is 4.74 Å². The van der Waals surface area contributed by atoms with Gasteiger partial charge in [-0.15, -0.1) is 0 Å². The van der Waals surface area contributed by atoms with E-state index in [9.17, 15) is 4.79 Å². The van der Waals surface area contributed by atoms with Gasteiger partial charge in [-0.05, 0) is 59.7 Å². The lowest BCUT2D eigenvalue weighted by Gasteiger charge is -2.24. The topological polar surface area (TPSA) is 41.6 Å². The van der Waals surface area contributed by atoms with E-state index in [1.54, 1.807) is 0 Å². The molecule has 1 amide bonds. The third kappa shape index (κ3) is 9.77. The Balaban J connectivity index is 3.98. The molecule has 0 radical (unpaired) electrons. The molecule has 0 saturated carbocycles. The molecule has 0 saturated heterocycles. The van der Waals surface area contributed by atoms with Crippen molar-refractivity contribution in [1.29, 1.82) is 0 Å². The van der Waals surface area contributed by atoms with Gasteiger partial charge in [0.2, 0.25) is 0 Å². The molecule has 0 aromatic carbocycles. The molecule has 0 aliphatic heterocycles. The largest absolute Gasteiger partial charge is 0.444 e. The summed E-state index contributed by atoms with van der Waals surface area (Å²) in [6.45, 7) is 15.4. The molecule has 4 heteroatoms. The summed E-state index contributed by atoms with van der Waals surface area (Å²) in [7, 11) is 0. The minimum Gasteiger partial charge on any atom is -0.444 e. The predicted molar refractivity (Wildman–Crippen MR) is 80.5 cm³/mol. The lowest BCUT2D eigenvalue weighted by molar-refractivity contribution is 0.0499. The molecule has 1 N–H and O–H groups in total. The van der Waals surface area contributed by atoms with Crippen molar-refractivity contribution in [3.63, 3.8) is 0 Å². The Morgan fingerprint density at radius 2 is 1.79 bits per heavy atom. The highest BCUT2D eigenvalue weighted by molar-refractivity contribution is 5.68. The monoisotopic (exact) mass is 272 g/mol. The van der Waals surface area contributed by atoms with Gasteiger partial charge >= 0.3 is 6.09 Å². The maximum absolute atomic E-state index is 11.7. The van der Waals surface area contributed by atoms with E-state index in [0.29, 0.717) is 0 Å². The van der Waals surface area contributed by atoms with Gasteiger partial charge in [0.1, 0.15) is 5.60 Å². The minimum atomic E-state index is -0.427. The van der Waals surface area contributed by atoms with Gasteiger partial charge in [0.25, 0.3) is 0 Å². The Bertz CT molecular complexity index is 245. The molecule has 1 atom stereocenters. The average Bonchev–Trinajstić information content (AvgIpc) is 2.30. The average molecular weight is 272 g/mol. The van der Waals surface area contributed by atoms with Crippen molar-refractivity contribution in [3.8, 4) is 0 Å². The second-order valence-electron chi connectivity index (χ2n) is 5.92. The van der Waals surface area contributed by atoms with E-state index in [2.05, 4.69) is 31.0 Å². The first-order valence-corrected chi connectivity index (χ1v) is 7.54. The second kappa shape index (κ2) is 9.18. The number of ether oxygens (including phenoxy) is 1. The van der Waals surface area contributed by atoms with Crippen LogP contribution in [-0.4, -0.2) is 42.3 Å². The summed E-state index contributed by atoms with van der Waals surface area (Å²) >= 11 is 0. The SMILES string of the molecule is CCC(CCCN(CC)CC)NC(=O)OC(C)(C)C. The lowest BCUT2D eigenvalue weighted by atomic mass is 10.1. The van der Waals surface area contributed by atoms with Crippen LogP contribution in [0.5, 0.6) is 0 Å². The van der Waals surface area contributed by atoms with Crippen LogP contribution in [0.3, 0.4) is 0 Å². The van der Waals surface area contributed by atoms with E-state index in [0.717, 1.165) is 38.9 Å². The van der Waals surface area contributed by atoms with Crippen LogP contribution in [0.4, 0.5) is 4.79 Å². The summed E-state index contributed by atoms with van der Waals surface area (Å²) in [6.07, 6.45) is 2.75. The van der Waals surface area contributed by atoms with Crippen LogP contribution in [0.25, 0.3) is 0 Å². The molecule has 0 aromatic heterocycles. The van der Waals surface area contributed by atoms with Crippen LogP contribution in [-0.2, 0) is 4.74 Å². The summed E-state index contributed by atoms with van der Waals surface area (Å²) in [6, 6.07) is 0.213. The first kappa shape index (κ1) is 18.2.